The maximum Gasteiger partial charge on any atom is 0.283 e. The predicted octanol–water partition coefficient (Wildman–Crippen LogP) is 1.52. The van der Waals surface area contributed by atoms with Crippen LogP contribution in [0.5, 0.6) is 0 Å². The summed E-state index contributed by atoms with van der Waals surface area (Å²) in [4.78, 5) is 24.6. The Morgan fingerprint density at radius 1 is 1.17 bits per heavy atom. The largest absolute Gasteiger partial charge is 0.283 e. The zero-order chi connectivity index (χ0) is 16.0. The van der Waals surface area contributed by atoms with Crippen LogP contribution in [0.3, 0.4) is 0 Å². The van der Waals surface area contributed by atoms with Gasteiger partial charge in [-0.2, -0.15) is 4.68 Å². The molecule has 7 heteroatoms. The molecule has 2 aromatic heterocycles. The first-order valence-corrected chi connectivity index (χ1v) is 7.63. The molecule has 1 aliphatic rings. The van der Waals surface area contributed by atoms with E-state index in [-0.39, 0.29) is 11.5 Å². The molecule has 23 heavy (non-hydrogen) atoms. The van der Waals surface area contributed by atoms with Crippen LogP contribution in [0.15, 0.2) is 29.1 Å². The Labute approximate surface area is 131 Å². The molecule has 0 amide bonds. The minimum atomic E-state index is -0.267. The van der Waals surface area contributed by atoms with Crippen molar-refractivity contribution in [3.63, 3.8) is 0 Å². The lowest BCUT2D eigenvalue weighted by atomic mass is 9.97. The Morgan fingerprint density at radius 3 is 2.78 bits per heavy atom. The van der Waals surface area contributed by atoms with E-state index >= 15 is 0 Å². The van der Waals surface area contributed by atoms with Crippen LogP contribution in [-0.4, -0.2) is 30.7 Å². The number of benzene rings is 1. The first kappa shape index (κ1) is 13.8. The highest BCUT2D eigenvalue weighted by molar-refractivity contribution is 5.78. The first-order valence-electron chi connectivity index (χ1n) is 7.63. The minimum absolute atomic E-state index is 0.156. The van der Waals surface area contributed by atoms with Gasteiger partial charge in [-0.3, -0.25) is 9.59 Å². The molecule has 0 fully saturated rings. The summed E-state index contributed by atoms with van der Waals surface area (Å²) in [5.41, 5.74) is 2.10. The Balaban J connectivity index is 2.00. The summed E-state index contributed by atoms with van der Waals surface area (Å²) in [5, 5.41) is 13.0. The second-order valence-corrected chi connectivity index (χ2v) is 5.71. The van der Waals surface area contributed by atoms with Gasteiger partial charge in [0.05, 0.1) is 11.1 Å². The highest BCUT2D eigenvalue weighted by Crippen LogP contribution is 2.26. The number of fused-ring (bicyclic) bond motifs is 2. The maximum absolute atomic E-state index is 12.7. The summed E-state index contributed by atoms with van der Waals surface area (Å²) in [6.45, 7) is 1.47. The summed E-state index contributed by atoms with van der Waals surface area (Å²) in [7, 11) is 0. The molecule has 0 radical (unpaired) electrons. The Hall–Kier alpha value is -2.83. The number of nitrogens with zero attached hydrogens (tertiary/aromatic N) is 5. The van der Waals surface area contributed by atoms with Crippen LogP contribution < -0.4 is 5.56 Å². The summed E-state index contributed by atoms with van der Waals surface area (Å²) in [5.74, 6) is 0.273. The van der Waals surface area contributed by atoms with Gasteiger partial charge in [0, 0.05) is 12.5 Å². The molecule has 7 nitrogen and oxygen atoms in total. The zero-order valence-corrected chi connectivity index (χ0v) is 12.7. The number of hydrogen-bond acceptors (Lipinski definition) is 5. The molecule has 0 aliphatic heterocycles. The SMILES string of the molecule is CC(=O)n1nc(-n2nnc3ccccc3c2=O)c2c1CCCC2. The van der Waals surface area contributed by atoms with Crippen molar-refractivity contribution in [1.82, 2.24) is 24.8 Å². The highest BCUT2D eigenvalue weighted by Gasteiger charge is 2.25. The van der Waals surface area contributed by atoms with Crippen molar-refractivity contribution >= 4 is 16.8 Å². The van der Waals surface area contributed by atoms with Crippen molar-refractivity contribution in [3.05, 3.63) is 45.9 Å². The molecule has 116 valence electrons. The predicted molar refractivity (Wildman–Crippen MR) is 83.9 cm³/mol. The third kappa shape index (κ3) is 2.08. The molecule has 1 aromatic carbocycles. The zero-order valence-electron chi connectivity index (χ0n) is 12.7. The van der Waals surface area contributed by atoms with Crippen LogP contribution in [0.4, 0.5) is 0 Å². The molecule has 3 aromatic rings. The van der Waals surface area contributed by atoms with E-state index in [9.17, 15) is 9.59 Å². The smallest absolute Gasteiger partial charge is 0.273 e. The van der Waals surface area contributed by atoms with Crippen LogP contribution >= 0.6 is 0 Å². The summed E-state index contributed by atoms with van der Waals surface area (Å²) < 4.78 is 2.61. The molecule has 1 aliphatic carbocycles. The Bertz CT molecular complexity index is 986. The van der Waals surface area contributed by atoms with E-state index < -0.39 is 0 Å². The fraction of sp³-hybridized carbons (Fsp3) is 0.312. The van der Waals surface area contributed by atoms with Crippen molar-refractivity contribution in [2.24, 2.45) is 0 Å². The molecule has 0 saturated carbocycles. The highest BCUT2D eigenvalue weighted by atomic mass is 16.2. The summed E-state index contributed by atoms with van der Waals surface area (Å²) in [6.07, 6.45) is 3.61. The quantitative estimate of drug-likeness (QED) is 0.680. The molecular weight excluding hydrogens is 294 g/mol. The van der Waals surface area contributed by atoms with Crippen LogP contribution in [0.2, 0.25) is 0 Å². The number of carbonyl (C=O) groups is 1. The fourth-order valence-electron chi connectivity index (χ4n) is 3.14. The van der Waals surface area contributed by atoms with E-state index in [0.29, 0.717) is 16.7 Å². The molecule has 0 atom stereocenters. The van der Waals surface area contributed by atoms with E-state index in [0.717, 1.165) is 36.9 Å². The fourth-order valence-corrected chi connectivity index (χ4v) is 3.14. The number of aromatic nitrogens is 5. The molecule has 4 rings (SSSR count). The van der Waals surface area contributed by atoms with Crippen LogP contribution in [-0.2, 0) is 12.8 Å². The molecule has 0 saturated heterocycles. The van der Waals surface area contributed by atoms with Crippen LogP contribution in [0, 0.1) is 0 Å². The third-order valence-electron chi connectivity index (χ3n) is 4.23. The number of rotatable bonds is 1. The van der Waals surface area contributed by atoms with Crippen LogP contribution in [0.25, 0.3) is 16.7 Å². The van der Waals surface area contributed by atoms with Crippen molar-refractivity contribution in [3.8, 4) is 5.82 Å². The van der Waals surface area contributed by atoms with Gasteiger partial charge in [-0.05, 0) is 37.8 Å². The normalized spacial score (nSPS) is 14.0. The average molecular weight is 309 g/mol. The summed E-state index contributed by atoms with van der Waals surface area (Å²) >= 11 is 0. The topological polar surface area (TPSA) is 82.7 Å². The van der Waals surface area contributed by atoms with E-state index in [1.54, 1.807) is 18.2 Å². The molecular formula is C16H15N5O2. The van der Waals surface area contributed by atoms with Crippen molar-refractivity contribution in [2.75, 3.05) is 0 Å². The van der Waals surface area contributed by atoms with Gasteiger partial charge in [0.1, 0.15) is 5.52 Å². The number of hydrogen-bond donors (Lipinski definition) is 0. The molecule has 0 unspecified atom stereocenters. The van der Waals surface area contributed by atoms with Gasteiger partial charge in [-0.15, -0.1) is 10.2 Å². The monoisotopic (exact) mass is 309 g/mol. The minimum Gasteiger partial charge on any atom is -0.273 e. The lowest BCUT2D eigenvalue weighted by Gasteiger charge is -2.12. The van der Waals surface area contributed by atoms with Gasteiger partial charge in [0.15, 0.2) is 5.82 Å². The van der Waals surface area contributed by atoms with E-state index in [4.69, 9.17) is 0 Å². The van der Waals surface area contributed by atoms with Gasteiger partial charge in [-0.25, -0.2) is 4.68 Å². The van der Waals surface area contributed by atoms with Gasteiger partial charge in [0.25, 0.3) is 5.56 Å². The van der Waals surface area contributed by atoms with Gasteiger partial charge in [-0.1, -0.05) is 17.3 Å². The van der Waals surface area contributed by atoms with Crippen molar-refractivity contribution < 1.29 is 4.79 Å². The van der Waals surface area contributed by atoms with Gasteiger partial charge in [0.2, 0.25) is 5.91 Å². The van der Waals surface area contributed by atoms with Crippen molar-refractivity contribution in [2.45, 2.75) is 32.6 Å². The maximum atomic E-state index is 12.7. The average Bonchev–Trinajstić information content (AvgIpc) is 2.95. The lowest BCUT2D eigenvalue weighted by molar-refractivity contribution is 0.0917. The second kappa shape index (κ2) is 5.12. The molecule has 0 spiro atoms. The summed E-state index contributed by atoms with van der Waals surface area (Å²) in [6, 6.07) is 7.07. The second-order valence-electron chi connectivity index (χ2n) is 5.71. The number of carbonyl (C=O) groups excluding carboxylic acids is 1. The van der Waals surface area contributed by atoms with E-state index in [1.165, 1.54) is 16.3 Å². The molecule has 0 bridgehead atoms. The van der Waals surface area contributed by atoms with Crippen molar-refractivity contribution in [1.29, 1.82) is 0 Å². The van der Waals surface area contributed by atoms with E-state index in [2.05, 4.69) is 15.4 Å². The molecule has 2 heterocycles. The lowest BCUT2D eigenvalue weighted by Crippen LogP contribution is -2.24. The first-order chi connectivity index (χ1) is 11.2. The standard InChI is InChI=1S/C16H15N5O2/c1-10(22)20-14-9-5-3-7-12(14)15(18-20)21-16(23)11-6-2-4-8-13(11)17-19-21/h2,4,6,8H,3,5,7,9H2,1H3. The third-order valence-corrected chi connectivity index (χ3v) is 4.23. The van der Waals surface area contributed by atoms with Crippen LogP contribution in [0.1, 0.15) is 35.8 Å². The van der Waals surface area contributed by atoms with Gasteiger partial charge >= 0.3 is 0 Å². The Morgan fingerprint density at radius 2 is 1.96 bits per heavy atom. The van der Waals surface area contributed by atoms with E-state index in [1.807, 2.05) is 6.07 Å². The Kier molecular flexibility index (Phi) is 3.07. The molecule has 0 N–H and O–H groups in total. The van der Waals surface area contributed by atoms with Gasteiger partial charge < -0.3 is 0 Å².